The number of nitrogens with two attached hydrogens (primary N) is 1. The first-order valence-corrected chi connectivity index (χ1v) is 4.66. The van der Waals surface area contributed by atoms with Crippen LogP contribution in [0.5, 0.6) is 5.75 Å². The van der Waals surface area contributed by atoms with Gasteiger partial charge in [0.25, 0.3) is 0 Å². The molecule has 0 radical (unpaired) electrons. The van der Waals surface area contributed by atoms with E-state index in [1.807, 2.05) is 42.0 Å². The van der Waals surface area contributed by atoms with E-state index in [0.717, 1.165) is 17.1 Å². The van der Waals surface area contributed by atoms with Crippen LogP contribution in [0.15, 0.2) is 30.5 Å². The van der Waals surface area contributed by atoms with E-state index in [-0.39, 0.29) is 0 Å². The minimum absolute atomic E-state index is 0.498. The molecule has 1 aromatic carbocycles. The summed E-state index contributed by atoms with van der Waals surface area (Å²) >= 11 is 0. The van der Waals surface area contributed by atoms with Crippen molar-refractivity contribution < 1.29 is 4.74 Å². The Bertz CT molecular complexity index is 459. The largest absolute Gasteiger partial charge is 0.497 e. The van der Waals surface area contributed by atoms with Crippen molar-refractivity contribution in [3.8, 4) is 11.4 Å². The standard InChI is InChI=1S/C11H13N3O/c1-8-7-14(11(12)13-8)9-3-5-10(15-2)6-4-9/h3-7H,1-2H3,(H2,12,13). The predicted molar refractivity (Wildman–Crippen MR) is 59.3 cm³/mol. The molecule has 2 aromatic rings. The molecule has 0 unspecified atom stereocenters. The van der Waals surface area contributed by atoms with E-state index in [0.29, 0.717) is 5.95 Å². The quantitative estimate of drug-likeness (QED) is 0.809. The van der Waals surface area contributed by atoms with Crippen LogP contribution in [0.25, 0.3) is 5.69 Å². The fraction of sp³-hybridized carbons (Fsp3) is 0.182. The first-order chi connectivity index (χ1) is 7.20. The molecule has 1 heterocycles. The van der Waals surface area contributed by atoms with Crippen molar-refractivity contribution in [1.29, 1.82) is 0 Å². The van der Waals surface area contributed by atoms with Gasteiger partial charge in [-0.2, -0.15) is 0 Å². The summed E-state index contributed by atoms with van der Waals surface area (Å²) in [7, 11) is 1.64. The smallest absolute Gasteiger partial charge is 0.205 e. The lowest BCUT2D eigenvalue weighted by molar-refractivity contribution is 0.415. The van der Waals surface area contributed by atoms with Crippen molar-refractivity contribution in [3.63, 3.8) is 0 Å². The van der Waals surface area contributed by atoms with Crippen LogP contribution in [-0.2, 0) is 0 Å². The molecule has 0 fully saturated rings. The predicted octanol–water partition coefficient (Wildman–Crippen LogP) is 1.77. The molecule has 2 rings (SSSR count). The maximum Gasteiger partial charge on any atom is 0.205 e. The van der Waals surface area contributed by atoms with Crippen molar-refractivity contribution in [3.05, 3.63) is 36.2 Å². The van der Waals surface area contributed by atoms with Crippen LogP contribution >= 0.6 is 0 Å². The zero-order valence-corrected chi connectivity index (χ0v) is 8.77. The van der Waals surface area contributed by atoms with Gasteiger partial charge in [-0.15, -0.1) is 0 Å². The van der Waals surface area contributed by atoms with Gasteiger partial charge in [0.2, 0.25) is 5.95 Å². The number of rotatable bonds is 2. The van der Waals surface area contributed by atoms with E-state index in [4.69, 9.17) is 10.5 Å². The second kappa shape index (κ2) is 3.65. The van der Waals surface area contributed by atoms with Crippen LogP contribution in [0, 0.1) is 6.92 Å². The Hall–Kier alpha value is -1.97. The zero-order valence-electron chi connectivity index (χ0n) is 8.77. The number of nitrogen functional groups attached to an aromatic ring is 1. The summed E-state index contributed by atoms with van der Waals surface area (Å²) in [5.41, 5.74) is 7.65. The molecule has 0 saturated carbocycles. The van der Waals surface area contributed by atoms with Crippen molar-refractivity contribution in [1.82, 2.24) is 9.55 Å². The van der Waals surface area contributed by atoms with Gasteiger partial charge in [0, 0.05) is 11.9 Å². The molecular weight excluding hydrogens is 190 g/mol. The van der Waals surface area contributed by atoms with Gasteiger partial charge in [0.15, 0.2) is 0 Å². The highest BCUT2D eigenvalue weighted by molar-refractivity contribution is 5.43. The maximum atomic E-state index is 5.76. The first-order valence-electron chi connectivity index (χ1n) is 4.66. The fourth-order valence-electron chi connectivity index (χ4n) is 1.47. The number of aryl methyl sites for hydroxylation is 1. The Balaban J connectivity index is 2.41. The normalized spacial score (nSPS) is 10.3. The molecule has 0 atom stereocenters. The van der Waals surface area contributed by atoms with E-state index < -0.39 is 0 Å². The number of methoxy groups -OCH3 is 1. The van der Waals surface area contributed by atoms with E-state index in [2.05, 4.69) is 4.98 Å². The van der Waals surface area contributed by atoms with Gasteiger partial charge in [-0.1, -0.05) is 0 Å². The molecule has 0 saturated heterocycles. The lowest BCUT2D eigenvalue weighted by Crippen LogP contribution is -1.99. The summed E-state index contributed by atoms with van der Waals surface area (Å²) in [4.78, 5) is 4.14. The molecule has 0 aliphatic heterocycles. The molecule has 0 amide bonds. The number of nitrogens with zero attached hydrogens (tertiary/aromatic N) is 2. The molecule has 0 aliphatic carbocycles. The van der Waals surface area contributed by atoms with E-state index in [1.165, 1.54) is 0 Å². The van der Waals surface area contributed by atoms with Crippen molar-refractivity contribution in [2.75, 3.05) is 12.8 Å². The molecular formula is C11H13N3O. The van der Waals surface area contributed by atoms with Crippen molar-refractivity contribution in [2.45, 2.75) is 6.92 Å². The second-order valence-corrected chi connectivity index (χ2v) is 3.31. The van der Waals surface area contributed by atoms with Gasteiger partial charge >= 0.3 is 0 Å². The Labute approximate surface area is 88.3 Å². The average Bonchev–Trinajstić information content (AvgIpc) is 2.58. The third kappa shape index (κ3) is 1.79. The summed E-state index contributed by atoms with van der Waals surface area (Å²) < 4.78 is 6.93. The van der Waals surface area contributed by atoms with Crippen LogP contribution in [0.4, 0.5) is 5.95 Å². The number of hydrogen-bond acceptors (Lipinski definition) is 3. The van der Waals surface area contributed by atoms with Crippen LogP contribution in [0.2, 0.25) is 0 Å². The van der Waals surface area contributed by atoms with Crippen LogP contribution < -0.4 is 10.5 Å². The monoisotopic (exact) mass is 203 g/mol. The third-order valence-electron chi connectivity index (χ3n) is 2.20. The topological polar surface area (TPSA) is 53.1 Å². The van der Waals surface area contributed by atoms with E-state index in [9.17, 15) is 0 Å². The Morgan fingerprint density at radius 2 is 1.93 bits per heavy atom. The van der Waals surface area contributed by atoms with Gasteiger partial charge in [-0.25, -0.2) is 4.98 Å². The first kappa shape index (κ1) is 9.58. The summed E-state index contributed by atoms with van der Waals surface area (Å²) in [5.74, 6) is 1.33. The second-order valence-electron chi connectivity index (χ2n) is 3.31. The SMILES string of the molecule is COc1ccc(-n2cc(C)nc2N)cc1. The number of imidazole rings is 1. The molecule has 4 nitrogen and oxygen atoms in total. The number of aromatic nitrogens is 2. The van der Waals surface area contributed by atoms with Gasteiger partial charge in [0.05, 0.1) is 12.8 Å². The Morgan fingerprint density at radius 3 is 2.40 bits per heavy atom. The number of benzene rings is 1. The lowest BCUT2D eigenvalue weighted by Gasteiger charge is -2.05. The summed E-state index contributed by atoms with van der Waals surface area (Å²) in [6, 6.07) is 7.67. The van der Waals surface area contributed by atoms with Crippen LogP contribution in [-0.4, -0.2) is 16.7 Å². The summed E-state index contributed by atoms with van der Waals surface area (Å²) in [6.45, 7) is 1.91. The molecule has 0 bridgehead atoms. The van der Waals surface area contributed by atoms with Crippen LogP contribution in [0.3, 0.4) is 0 Å². The van der Waals surface area contributed by atoms with Gasteiger partial charge in [-0.3, -0.25) is 4.57 Å². The average molecular weight is 203 g/mol. The fourth-order valence-corrected chi connectivity index (χ4v) is 1.47. The van der Waals surface area contributed by atoms with Crippen molar-refractivity contribution in [2.24, 2.45) is 0 Å². The lowest BCUT2D eigenvalue weighted by atomic mass is 10.3. The highest BCUT2D eigenvalue weighted by Gasteiger charge is 2.03. The Morgan fingerprint density at radius 1 is 1.27 bits per heavy atom. The van der Waals surface area contributed by atoms with E-state index in [1.54, 1.807) is 7.11 Å². The molecule has 2 N–H and O–H groups in total. The molecule has 1 aromatic heterocycles. The number of anilines is 1. The highest BCUT2D eigenvalue weighted by Crippen LogP contribution is 2.17. The third-order valence-corrected chi connectivity index (χ3v) is 2.20. The molecule has 0 aliphatic rings. The zero-order chi connectivity index (χ0) is 10.8. The summed E-state index contributed by atoms with van der Waals surface area (Å²) in [5, 5.41) is 0. The van der Waals surface area contributed by atoms with Gasteiger partial charge < -0.3 is 10.5 Å². The molecule has 78 valence electrons. The molecule has 15 heavy (non-hydrogen) atoms. The molecule has 4 heteroatoms. The van der Waals surface area contributed by atoms with E-state index >= 15 is 0 Å². The Kier molecular flexibility index (Phi) is 2.33. The van der Waals surface area contributed by atoms with Crippen LogP contribution in [0.1, 0.15) is 5.69 Å². The van der Waals surface area contributed by atoms with Gasteiger partial charge in [0.1, 0.15) is 5.75 Å². The highest BCUT2D eigenvalue weighted by atomic mass is 16.5. The summed E-state index contributed by atoms with van der Waals surface area (Å²) in [6.07, 6.45) is 1.90. The van der Waals surface area contributed by atoms with Crippen molar-refractivity contribution >= 4 is 5.95 Å². The maximum absolute atomic E-state index is 5.76. The van der Waals surface area contributed by atoms with Gasteiger partial charge in [-0.05, 0) is 31.2 Å². The minimum atomic E-state index is 0.498. The minimum Gasteiger partial charge on any atom is -0.497 e. The number of hydrogen-bond donors (Lipinski definition) is 1. The number of ether oxygens (including phenoxy) is 1. The molecule has 0 spiro atoms.